The fraction of sp³-hybridized carbons (Fsp3) is 0.400. The second-order valence-electron chi connectivity index (χ2n) is 3.29. The van der Waals surface area contributed by atoms with Crippen LogP contribution in [0.5, 0.6) is 0 Å². The lowest BCUT2D eigenvalue weighted by molar-refractivity contribution is 0.889. The quantitative estimate of drug-likeness (QED) is 0.596. The maximum Gasteiger partial charge on any atom is 0.0158 e. The molecule has 0 saturated heterocycles. The molecule has 0 saturated carbocycles. The minimum atomic E-state index is 0.694. The van der Waals surface area contributed by atoms with Crippen LogP contribution in [0, 0.1) is 0 Å². The molecule has 0 nitrogen and oxygen atoms in total. The molecule has 1 aliphatic carbocycles. The van der Waals surface area contributed by atoms with E-state index in [1.807, 2.05) is 11.3 Å². The topological polar surface area (TPSA) is 0 Å². The van der Waals surface area contributed by atoms with Crippen molar-refractivity contribution in [2.45, 2.75) is 26.2 Å². The maximum absolute atomic E-state index is 2.33. The van der Waals surface area contributed by atoms with Crippen LogP contribution in [0.1, 0.15) is 35.1 Å². The summed E-state index contributed by atoms with van der Waals surface area (Å²) in [7, 11) is 0. The van der Waals surface area contributed by atoms with Crippen LogP contribution in [-0.2, 0) is 6.42 Å². The summed E-state index contributed by atoms with van der Waals surface area (Å²) in [6.45, 7) is 4.51. The summed E-state index contributed by atoms with van der Waals surface area (Å²) >= 11 is 1.97. The molecular formula is C10H12S. The predicted molar refractivity (Wildman–Crippen MR) is 51.1 cm³/mol. The minimum absolute atomic E-state index is 0.694. The van der Waals surface area contributed by atoms with E-state index in [-0.39, 0.29) is 0 Å². The molecule has 58 valence electrons. The highest BCUT2D eigenvalue weighted by Crippen LogP contribution is 2.32. The Hall–Kier alpha value is -0.560. The van der Waals surface area contributed by atoms with Crippen molar-refractivity contribution < 1.29 is 0 Å². The summed E-state index contributed by atoms with van der Waals surface area (Å²) in [6, 6.07) is 2.33. The molecule has 0 atom stereocenters. The Kier molecular flexibility index (Phi) is 1.61. The van der Waals surface area contributed by atoms with Crippen molar-refractivity contribution in [2.75, 3.05) is 0 Å². The van der Waals surface area contributed by atoms with Crippen molar-refractivity contribution in [3.63, 3.8) is 0 Å². The van der Waals surface area contributed by atoms with E-state index in [1.165, 1.54) is 10.4 Å². The molecule has 0 aromatic carbocycles. The van der Waals surface area contributed by atoms with Crippen molar-refractivity contribution >= 4 is 17.4 Å². The predicted octanol–water partition coefficient (Wildman–Crippen LogP) is 3.44. The van der Waals surface area contributed by atoms with Crippen molar-refractivity contribution in [3.05, 3.63) is 27.5 Å². The number of allylic oxidation sites excluding steroid dienone is 1. The third kappa shape index (κ3) is 1.14. The standard InChI is InChI=1S/C10H12S/c1-7(2)10-6-8-4-3-5-9(8)11-10/h3-4,6-7H,5H2,1-2H3. The zero-order valence-corrected chi connectivity index (χ0v) is 7.74. The van der Waals surface area contributed by atoms with Crippen molar-refractivity contribution in [1.82, 2.24) is 0 Å². The average Bonchev–Trinajstić information content (AvgIpc) is 2.40. The highest BCUT2D eigenvalue weighted by atomic mass is 32.1. The maximum atomic E-state index is 2.33. The van der Waals surface area contributed by atoms with Crippen LogP contribution in [0.3, 0.4) is 0 Å². The number of rotatable bonds is 1. The zero-order chi connectivity index (χ0) is 7.84. The van der Waals surface area contributed by atoms with Gasteiger partial charge in [0.2, 0.25) is 0 Å². The van der Waals surface area contributed by atoms with Crippen molar-refractivity contribution in [1.29, 1.82) is 0 Å². The van der Waals surface area contributed by atoms with Gasteiger partial charge in [-0.25, -0.2) is 0 Å². The molecular weight excluding hydrogens is 152 g/mol. The number of fused-ring (bicyclic) bond motifs is 1. The SMILES string of the molecule is CC(C)c1cc2c(s1)CC=C2. The number of thiophene rings is 1. The Bertz CT molecular complexity index is 292. The van der Waals surface area contributed by atoms with Gasteiger partial charge in [-0.05, 0) is 17.5 Å². The van der Waals surface area contributed by atoms with Gasteiger partial charge in [-0.15, -0.1) is 11.3 Å². The van der Waals surface area contributed by atoms with Gasteiger partial charge in [-0.3, -0.25) is 0 Å². The third-order valence-electron chi connectivity index (χ3n) is 2.03. The van der Waals surface area contributed by atoms with E-state index in [4.69, 9.17) is 0 Å². The Labute approximate surface area is 71.6 Å². The Morgan fingerprint density at radius 1 is 1.45 bits per heavy atom. The van der Waals surface area contributed by atoms with Crippen LogP contribution in [0.4, 0.5) is 0 Å². The molecule has 0 spiro atoms. The highest BCUT2D eigenvalue weighted by molar-refractivity contribution is 7.12. The van der Waals surface area contributed by atoms with Gasteiger partial charge in [0.1, 0.15) is 0 Å². The summed E-state index contributed by atoms with van der Waals surface area (Å²) in [4.78, 5) is 3.08. The smallest absolute Gasteiger partial charge is 0.0158 e. The number of hydrogen-bond donors (Lipinski definition) is 0. The third-order valence-corrected chi connectivity index (χ3v) is 3.50. The van der Waals surface area contributed by atoms with Crippen LogP contribution >= 0.6 is 11.3 Å². The molecule has 1 aliphatic rings. The molecule has 1 aromatic rings. The minimum Gasteiger partial charge on any atom is -0.144 e. The first-order chi connectivity index (χ1) is 5.27. The van der Waals surface area contributed by atoms with Crippen molar-refractivity contribution in [3.8, 4) is 0 Å². The molecule has 0 bridgehead atoms. The molecule has 1 heterocycles. The monoisotopic (exact) mass is 164 g/mol. The van der Waals surface area contributed by atoms with Crippen LogP contribution < -0.4 is 0 Å². The first-order valence-electron chi connectivity index (χ1n) is 4.06. The van der Waals surface area contributed by atoms with Gasteiger partial charge in [0.05, 0.1) is 0 Å². The summed E-state index contributed by atoms with van der Waals surface area (Å²) in [6.07, 6.45) is 5.63. The van der Waals surface area contributed by atoms with E-state index < -0.39 is 0 Å². The Morgan fingerprint density at radius 2 is 2.27 bits per heavy atom. The van der Waals surface area contributed by atoms with Gasteiger partial charge in [0, 0.05) is 16.2 Å². The second kappa shape index (κ2) is 2.49. The van der Waals surface area contributed by atoms with E-state index in [0.717, 1.165) is 6.42 Å². The largest absolute Gasteiger partial charge is 0.144 e. The summed E-state index contributed by atoms with van der Waals surface area (Å²) in [5.74, 6) is 0.694. The van der Waals surface area contributed by atoms with Crippen LogP contribution in [0.25, 0.3) is 6.08 Å². The average molecular weight is 164 g/mol. The van der Waals surface area contributed by atoms with Crippen LogP contribution in [0.15, 0.2) is 12.1 Å². The normalized spacial score (nSPS) is 14.5. The lowest BCUT2D eigenvalue weighted by Crippen LogP contribution is -1.78. The highest BCUT2D eigenvalue weighted by Gasteiger charge is 2.11. The fourth-order valence-corrected chi connectivity index (χ4v) is 2.47. The molecule has 11 heavy (non-hydrogen) atoms. The van der Waals surface area contributed by atoms with E-state index in [0.29, 0.717) is 5.92 Å². The van der Waals surface area contributed by atoms with Crippen LogP contribution in [0.2, 0.25) is 0 Å². The van der Waals surface area contributed by atoms with Gasteiger partial charge in [0.25, 0.3) is 0 Å². The molecule has 0 radical (unpaired) electrons. The van der Waals surface area contributed by atoms with Gasteiger partial charge in [-0.1, -0.05) is 26.0 Å². The molecule has 0 N–H and O–H groups in total. The molecule has 0 aliphatic heterocycles. The van der Waals surface area contributed by atoms with E-state index in [9.17, 15) is 0 Å². The summed E-state index contributed by atoms with van der Waals surface area (Å²) < 4.78 is 0. The van der Waals surface area contributed by atoms with Crippen molar-refractivity contribution in [2.24, 2.45) is 0 Å². The Morgan fingerprint density at radius 3 is 2.91 bits per heavy atom. The van der Waals surface area contributed by atoms with Gasteiger partial charge >= 0.3 is 0 Å². The molecule has 1 heteroatoms. The van der Waals surface area contributed by atoms with Gasteiger partial charge in [-0.2, -0.15) is 0 Å². The molecule has 1 aromatic heterocycles. The number of hydrogen-bond acceptors (Lipinski definition) is 1. The molecule has 0 fully saturated rings. The lowest BCUT2D eigenvalue weighted by atomic mass is 10.1. The first-order valence-corrected chi connectivity index (χ1v) is 4.88. The Balaban J connectivity index is 2.41. The molecule has 0 unspecified atom stereocenters. The zero-order valence-electron chi connectivity index (χ0n) is 6.92. The fourth-order valence-electron chi connectivity index (χ4n) is 1.34. The lowest BCUT2D eigenvalue weighted by Gasteiger charge is -1.97. The molecule has 2 rings (SSSR count). The van der Waals surface area contributed by atoms with Gasteiger partial charge in [0.15, 0.2) is 0 Å². The molecule has 0 amide bonds. The second-order valence-corrected chi connectivity index (χ2v) is 4.46. The van der Waals surface area contributed by atoms with Crippen LogP contribution in [-0.4, -0.2) is 0 Å². The summed E-state index contributed by atoms with van der Waals surface area (Å²) in [5, 5.41) is 0. The van der Waals surface area contributed by atoms with E-state index in [2.05, 4.69) is 32.1 Å². The van der Waals surface area contributed by atoms with E-state index >= 15 is 0 Å². The summed E-state index contributed by atoms with van der Waals surface area (Å²) in [5.41, 5.74) is 1.46. The van der Waals surface area contributed by atoms with Gasteiger partial charge < -0.3 is 0 Å². The first kappa shape index (κ1) is 7.11. The van der Waals surface area contributed by atoms with E-state index in [1.54, 1.807) is 4.88 Å².